The molecule has 24 heavy (non-hydrogen) atoms. The highest BCUT2D eigenvalue weighted by molar-refractivity contribution is 5.54. The molecule has 1 heterocycles. The number of fused-ring (bicyclic) bond motifs is 1. The molecule has 5 aliphatic rings. The molecule has 0 bridgehead atoms. The van der Waals surface area contributed by atoms with Gasteiger partial charge in [0.15, 0.2) is 0 Å². The van der Waals surface area contributed by atoms with Gasteiger partial charge in [-0.1, -0.05) is 19.9 Å². The van der Waals surface area contributed by atoms with E-state index in [0.717, 1.165) is 37.9 Å². The first-order valence-corrected chi connectivity index (χ1v) is 9.44. The maximum Gasteiger partial charge on any atom is 0.124 e. The van der Waals surface area contributed by atoms with Crippen molar-refractivity contribution in [3.63, 3.8) is 0 Å². The summed E-state index contributed by atoms with van der Waals surface area (Å²) in [4.78, 5) is 0. The van der Waals surface area contributed by atoms with Crippen LogP contribution in [-0.2, 0) is 16.8 Å². The summed E-state index contributed by atoms with van der Waals surface area (Å²) in [5.74, 6) is 0.949. The maximum absolute atomic E-state index is 10.9. The molecule has 4 fully saturated rings. The molecule has 1 aromatic carbocycles. The average molecular weight is 326 g/mol. The predicted molar refractivity (Wildman–Crippen MR) is 89.9 cm³/mol. The molecule has 0 unspecified atom stereocenters. The largest absolute Gasteiger partial charge is 0.497 e. The molecule has 3 heteroatoms. The second-order valence-corrected chi connectivity index (χ2v) is 9.56. The molecule has 0 aromatic heterocycles. The van der Waals surface area contributed by atoms with E-state index in [4.69, 9.17) is 9.47 Å². The van der Waals surface area contributed by atoms with Gasteiger partial charge in [-0.3, -0.25) is 0 Å². The monoisotopic (exact) mass is 326 g/mol. The highest BCUT2D eigenvalue weighted by atomic mass is 16.6. The van der Waals surface area contributed by atoms with E-state index in [1.165, 1.54) is 17.5 Å². The van der Waals surface area contributed by atoms with Crippen LogP contribution in [0.25, 0.3) is 0 Å². The van der Waals surface area contributed by atoms with Crippen LogP contribution in [0.4, 0.5) is 0 Å². The minimum atomic E-state index is -0.162. The van der Waals surface area contributed by atoms with E-state index in [-0.39, 0.29) is 33.6 Å². The number of aryl methyl sites for hydroxylation is 1. The van der Waals surface area contributed by atoms with Crippen molar-refractivity contribution < 1.29 is 14.6 Å². The van der Waals surface area contributed by atoms with Gasteiger partial charge in [0.25, 0.3) is 0 Å². The molecular weight excluding hydrogens is 300 g/mol. The third-order valence-electron chi connectivity index (χ3n) is 9.05. The van der Waals surface area contributed by atoms with Crippen LogP contribution in [0.3, 0.4) is 0 Å². The fraction of sp³-hybridized carbons (Fsp3) is 0.714. The van der Waals surface area contributed by atoms with Crippen molar-refractivity contribution in [1.82, 2.24) is 0 Å². The molecular formula is C21H26O3. The smallest absolute Gasteiger partial charge is 0.124 e. The first-order valence-electron chi connectivity index (χ1n) is 9.44. The number of aliphatic hydroxyl groups is 1. The summed E-state index contributed by atoms with van der Waals surface area (Å²) in [7, 11) is 1.74. The molecule has 6 rings (SSSR count). The molecule has 6 atom stereocenters. The Morgan fingerprint density at radius 1 is 1.21 bits per heavy atom. The van der Waals surface area contributed by atoms with Crippen molar-refractivity contribution in [2.45, 2.75) is 69.7 Å². The van der Waals surface area contributed by atoms with E-state index in [1.807, 2.05) is 0 Å². The summed E-state index contributed by atoms with van der Waals surface area (Å²) in [5.41, 5.74) is 3.18. The fourth-order valence-electron chi connectivity index (χ4n) is 7.96. The Bertz CT molecular complexity index is 789. The van der Waals surface area contributed by atoms with Gasteiger partial charge >= 0.3 is 0 Å². The van der Waals surface area contributed by atoms with Crippen LogP contribution in [0.1, 0.15) is 57.1 Å². The third-order valence-corrected chi connectivity index (χ3v) is 9.05. The molecule has 3 saturated carbocycles. The Hall–Kier alpha value is -1.06. The van der Waals surface area contributed by atoms with Crippen molar-refractivity contribution in [2.24, 2.45) is 16.2 Å². The van der Waals surface area contributed by atoms with E-state index < -0.39 is 0 Å². The Morgan fingerprint density at radius 3 is 2.83 bits per heavy atom. The quantitative estimate of drug-likeness (QED) is 0.802. The zero-order valence-electron chi connectivity index (χ0n) is 14.8. The van der Waals surface area contributed by atoms with Gasteiger partial charge in [0.05, 0.1) is 13.2 Å². The molecule has 1 aliphatic heterocycles. The third kappa shape index (κ3) is 1.08. The number of epoxide rings is 1. The Labute approximate surface area is 143 Å². The van der Waals surface area contributed by atoms with Gasteiger partial charge in [0, 0.05) is 10.8 Å². The lowest BCUT2D eigenvalue weighted by molar-refractivity contribution is -0.0442. The van der Waals surface area contributed by atoms with Crippen molar-refractivity contribution >= 4 is 0 Å². The van der Waals surface area contributed by atoms with Crippen LogP contribution in [0.5, 0.6) is 5.75 Å². The zero-order chi connectivity index (χ0) is 16.6. The molecule has 1 saturated heterocycles. The molecule has 0 radical (unpaired) electrons. The van der Waals surface area contributed by atoms with Crippen LogP contribution in [-0.4, -0.2) is 23.9 Å². The Balaban J connectivity index is 1.53. The van der Waals surface area contributed by atoms with Crippen LogP contribution in [0, 0.1) is 16.2 Å². The molecule has 128 valence electrons. The number of benzene rings is 1. The highest BCUT2D eigenvalue weighted by Gasteiger charge is 2.96. The number of ether oxygens (including phenoxy) is 2. The fourth-order valence-corrected chi connectivity index (χ4v) is 7.96. The normalized spacial score (nSPS) is 55.6. The second kappa shape index (κ2) is 3.57. The molecule has 4 aliphatic carbocycles. The van der Waals surface area contributed by atoms with Gasteiger partial charge in [-0.2, -0.15) is 0 Å². The van der Waals surface area contributed by atoms with Gasteiger partial charge in [0.2, 0.25) is 0 Å². The van der Waals surface area contributed by atoms with Crippen LogP contribution in [0.15, 0.2) is 18.2 Å². The highest BCUT2D eigenvalue weighted by Crippen LogP contribution is 2.94. The van der Waals surface area contributed by atoms with Crippen molar-refractivity contribution in [3.05, 3.63) is 29.3 Å². The summed E-state index contributed by atoms with van der Waals surface area (Å²) < 4.78 is 12.2. The molecule has 1 spiro atoms. The number of hydrogen-bond acceptors (Lipinski definition) is 3. The Kier molecular flexibility index (Phi) is 2.10. The van der Waals surface area contributed by atoms with Crippen LogP contribution in [0.2, 0.25) is 0 Å². The van der Waals surface area contributed by atoms with Gasteiger partial charge < -0.3 is 14.6 Å². The number of hydrogen-bond donors (Lipinski definition) is 1. The van der Waals surface area contributed by atoms with Crippen LogP contribution < -0.4 is 4.74 Å². The van der Waals surface area contributed by atoms with Crippen LogP contribution >= 0.6 is 0 Å². The van der Waals surface area contributed by atoms with E-state index in [2.05, 4.69) is 32.0 Å². The lowest BCUT2D eigenvalue weighted by Crippen LogP contribution is -2.53. The zero-order valence-corrected chi connectivity index (χ0v) is 14.8. The summed E-state index contributed by atoms with van der Waals surface area (Å²) in [6, 6.07) is 6.54. The molecule has 3 nitrogen and oxygen atoms in total. The Morgan fingerprint density at radius 2 is 2.04 bits per heavy atom. The standard InChI is InChI=1S/C21H26O3/c1-17-11-16(22)18(2)8-9-19-15-5-4-14(23-3)10-13(15)6-7-21(19,24-19)20(17,18)12-17/h4-5,10,16,22H,6-9,11-12H2,1-3H3/t16-,17+,18+,19-,20+,21+/m0/s1. The van der Waals surface area contributed by atoms with Gasteiger partial charge in [-0.25, -0.2) is 0 Å². The lowest BCUT2D eigenvalue weighted by atomic mass is 9.52. The number of aliphatic hydroxyl groups excluding tert-OH is 1. The minimum Gasteiger partial charge on any atom is -0.497 e. The van der Waals surface area contributed by atoms with E-state index in [1.54, 1.807) is 7.11 Å². The topological polar surface area (TPSA) is 42.0 Å². The average Bonchev–Trinajstić information content (AvgIpc) is 3.41. The van der Waals surface area contributed by atoms with Crippen molar-refractivity contribution in [3.8, 4) is 5.75 Å². The van der Waals surface area contributed by atoms with Gasteiger partial charge in [-0.05, 0) is 67.2 Å². The first kappa shape index (κ1) is 14.1. The lowest BCUT2D eigenvalue weighted by Gasteiger charge is -2.49. The molecule has 0 amide bonds. The number of rotatable bonds is 1. The maximum atomic E-state index is 10.9. The van der Waals surface area contributed by atoms with E-state index in [0.29, 0.717) is 0 Å². The SMILES string of the molecule is COc1ccc2c(c1)CC[C@@]13O[C@@]21CC[C@]1(C)[C@@H](O)C[C@]2(C)C[C@]231. The summed E-state index contributed by atoms with van der Waals surface area (Å²) in [5, 5.41) is 10.9. The first-order chi connectivity index (χ1) is 11.4. The molecule has 1 aromatic rings. The van der Waals surface area contributed by atoms with Gasteiger partial charge in [0.1, 0.15) is 17.0 Å². The molecule has 1 N–H and O–H groups in total. The summed E-state index contributed by atoms with van der Waals surface area (Å²) in [6.45, 7) is 4.75. The van der Waals surface area contributed by atoms with E-state index in [9.17, 15) is 5.11 Å². The second-order valence-electron chi connectivity index (χ2n) is 9.56. The van der Waals surface area contributed by atoms with E-state index >= 15 is 0 Å². The van der Waals surface area contributed by atoms with Gasteiger partial charge in [-0.15, -0.1) is 0 Å². The summed E-state index contributed by atoms with van der Waals surface area (Å²) >= 11 is 0. The minimum absolute atomic E-state index is 0.0270. The predicted octanol–water partition coefficient (Wildman–Crippen LogP) is 3.57. The van der Waals surface area contributed by atoms with Crippen molar-refractivity contribution in [1.29, 1.82) is 0 Å². The number of methoxy groups -OCH3 is 1. The summed E-state index contributed by atoms with van der Waals surface area (Å²) in [6.07, 6.45) is 6.34. The van der Waals surface area contributed by atoms with Crippen molar-refractivity contribution in [2.75, 3.05) is 7.11 Å².